The molecule has 0 bridgehead atoms. The summed E-state index contributed by atoms with van der Waals surface area (Å²) >= 11 is 0. The zero-order chi connectivity index (χ0) is 16.2. The molecule has 2 N–H and O–H groups in total. The van der Waals surface area contributed by atoms with Crippen LogP contribution in [0.5, 0.6) is 11.5 Å². The molecule has 0 unspecified atom stereocenters. The highest BCUT2D eigenvalue weighted by Gasteiger charge is 2.29. The normalized spacial score (nSPS) is 20.1. The fourth-order valence-corrected chi connectivity index (χ4v) is 4.14. The first-order chi connectivity index (χ1) is 10.4. The Bertz CT molecular complexity index is 684. The van der Waals surface area contributed by atoms with Crippen LogP contribution in [0.15, 0.2) is 23.3 Å². The molecule has 0 aliphatic carbocycles. The van der Waals surface area contributed by atoms with E-state index in [9.17, 15) is 18.3 Å². The van der Waals surface area contributed by atoms with Gasteiger partial charge in [-0.25, -0.2) is 13.8 Å². The van der Waals surface area contributed by atoms with Gasteiger partial charge in [-0.05, 0) is 30.5 Å². The third kappa shape index (κ3) is 4.45. The lowest BCUT2D eigenvalue weighted by Gasteiger charge is -2.06. The monoisotopic (exact) mass is 326 g/mol. The average molecular weight is 326 g/mol. The van der Waals surface area contributed by atoms with Gasteiger partial charge in [-0.3, -0.25) is 4.79 Å². The van der Waals surface area contributed by atoms with E-state index in [1.54, 1.807) is 12.1 Å². The summed E-state index contributed by atoms with van der Waals surface area (Å²) in [5, 5.41) is 13.4. The summed E-state index contributed by atoms with van der Waals surface area (Å²) in [4.78, 5) is 11.7. The van der Waals surface area contributed by atoms with Crippen LogP contribution < -0.4 is 10.2 Å². The maximum absolute atomic E-state index is 11.7. The number of benzene rings is 1. The van der Waals surface area contributed by atoms with E-state index in [1.807, 2.05) is 0 Å². The van der Waals surface area contributed by atoms with Crippen LogP contribution >= 0.6 is 0 Å². The maximum Gasteiger partial charge on any atom is 0.240 e. The summed E-state index contributed by atoms with van der Waals surface area (Å²) in [5.74, 6) is 0.278. The Morgan fingerprint density at radius 3 is 2.95 bits per heavy atom. The number of phenols is 1. The molecule has 0 aromatic heterocycles. The number of sulfone groups is 1. The predicted octanol–water partition coefficient (Wildman–Crippen LogP) is 0.676. The number of carbonyl (C=O) groups is 1. The molecule has 8 heteroatoms. The van der Waals surface area contributed by atoms with Crippen LogP contribution in [0, 0.1) is 5.92 Å². The Hall–Kier alpha value is -2.09. The molecule has 0 radical (unpaired) electrons. The van der Waals surface area contributed by atoms with Gasteiger partial charge in [0, 0.05) is 12.0 Å². The number of carbonyl (C=O) groups excluding carboxylic acids is 1. The fourth-order valence-electron chi connectivity index (χ4n) is 2.28. The summed E-state index contributed by atoms with van der Waals surface area (Å²) in [6, 6.07) is 4.64. The molecule has 2 rings (SSSR count). The minimum Gasteiger partial charge on any atom is -0.507 e. The van der Waals surface area contributed by atoms with Crippen LogP contribution in [0.25, 0.3) is 0 Å². The van der Waals surface area contributed by atoms with Crippen molar-refractivity contribution >= 4 is 22.0 Å². The molecule has 1 heterocycles. The number of nitrogens with zero attached hydrogens (tertiary/aromatic N) is 1. The van der Waals surface area contributed by atoms with Gasteiger partial charge in [0.25, 0.3) is 0 Å². The molecule has 1 aliphatic heterocycles. The molecular weight excluding hydrogens is 308 g/mol. The Morgan fingerprint density at radius 2 is 2.32 bits per heavy atom. The number of nitrogens with one attached hydrogen (secondary N) is 1. The summed E-state index contributed by atoms with van der Waals surface area (Å²) in [6.45, 7) is 0. The number of rotatable bonds is 5. The molecule has 1 saturated heterocycles. The van der Waals surface area contributed by atoms with Crippen LogP contribution in [0.2, 0.25) is 0 Å². The molecule has 22 heavy (non-hydrogen) atoms. The van der Waals surface area contributed by atoms with E-state index in [1.165, 1.54) is 19.4 Å². The molecule has 1 aromatic rings. The van der Waals surface area contributed by atoms with Gasteiger partial charge in [-0.15, -0.1) is 0 Å². The number of phenolic OH excluding ortho intramolecular Hbond substituents is 1. The van der Waals surface area contributed by atoms with Gasteiger partial charge in [0.15, 0.2) is 9.84 Å². The van der Waals surface area contributed by atoms with Gasteiger partial charge in [0.05, 0.1) is 24.8 Å². The molecule has 0 saturated carbocycles. The Kier molecular flexibility index (Phi) is 5.02. The van der Waals surface area contributed by atoms with Crippen molar-refractivity contribution in [2.45, 2.75) is 12.8 Å². The maximum atomic E-state index is 11.7. The van der Waals surface area contributed by atoms with Crippen LogP contribution in [-0.4, -0.2) is 44.3 Å². The highest BCUT2D eigenvalue weighted by Crippen LogP contribution is 2.22. The second-order valence-corrected chi connectivity index (χ2v) is 7.42. The van der Waals surface area contributed by atoms with Crippen LogP contribution in [-0.2, 0) is 14.6 Å². The lowest BCUT2D eigenvalue weighted by Crippen LogP contribution is -2.21. The summed E-state index contributed by atoms with van der Waals surface area (Å²) in [5.41, 5.74) is 2.74. The van der Waals surface area contributed by atoms with E-state index in [2.05, 4.69) is 10.5 Å². The van der Waals surface area contributed by atoms with E-state index in [0.717, 1.165) is 0 Å². The van der Waals surface area contributed by atoms with Crippen molar-refractivity contribution in [3.8, 4) is 11.5 Å². The van der Waals surface area contributed by atoms with Crippen molar-refractivity contribution in [2.24, 2.45) is 11.0 Å². The highest BCUT2D eigenvalue weighted by atomic mass is 32.2. The molecule has 1 aromatic carbocycles. The molecule has 120 valence electrons. The minimum atomic E-state index is -2.98. The van der Waals surface area contributed by atoms with E-state index < -0.39 is 9.84 Å². The van der Waals surface area contributed by atoms with Crippen molar-refractivity contribution in [2.75, 3.05) is 18.6 Å². The van der Waals surface area contributed by atoms with Gasteiger partial charge < -0.3 is 9.84 Å². The van der Waals surface area contributed by atoms with Crippen molar-refractivity contribution in [1.82, 2.24) is 5.43 Å². The van der Waals surface area contributed by atoms with Crippen molar-refractivity contribution in [3.63, 3.8) is 0 Å². The third-order valence-electron chi connectivity index (χ3n) is 3.43. The summed E-state index contributed by atoms with van der Waals surface area (Å²) in [6.07, 6.45) is 1.94. The first-order valence-electron chi connectivity index (χ1n) is 6.79. The topological polar surface area (TPSA) is 105 Å². The van der Waals surface area contributed by atoms with Crippen LogP contribution in [0.1, 0.15) is 18.4 Å². The highest BCUT2D eigenvalue weighted by molar-refractivity contribution is 7.91. The third-order valence-corrected chi connectivity index (χ3v) is 5.27. The zero-order valence-electron chi connectivity index (χ0n) is 12.2. The Morgan fingerprint density at radius 1 is 1.55 bits per heavy atom. The second kappa shape index (κ2) is 6.78. The number of hydrazone groups is 1. The predicted molar refractivity (Wildman–Crippen MR) is 81.8 cm³/mol. The number of ether oxygens (including phenoxy) is 1. The number of aromatic hydroxyl groups is 1. The summed E-state index contributed by atoms with van der Waals surface area (Å²) in [7, 11) is -1.48. The molecule has 1 fully saturated rings. The fraction of sp³-hybridized carbons (Fsp3) is 0.429. The van der Waals surface area contributed by atoms with Gasteiger partial charge in [0.2, 0.25) is 5.91 Å². The largest absolute Gasteiger partial charge is 0.507 e. The Labute approximate surface area is 128 Å². The lowest BCUT2D eigenvalue weighted by atomic mass is 10.1. The molecule has 0 spiro atoms. The minimum absolute atomic E-state index is 0.0145. The standard InChI is InChI=1S/C14H18N2O5S/c1-21-12-2-3-13(17)11(7-12)8-15-16-14(18)6-10-4-5-22(19,20)9-10/h2-3,7-8,10,17H,4-6,9H2,1H3,(H,16,18)/b15-8+/t10-/m0/s1. The van der Waals surface area contributed by atoms with Crippen molar-refractivity contribution in [3.05, 3.63) is 23.8 Å². The van der Waals surface area contributed by atoms with Gasteiger partial charge in [-0.2, -0.15) is 5.10 Å². The second-order valence-electron chi connectivity index (χ2n) is 5.19. The molecule has 1 atom stereocenters. The average Bonchev–Trinajstić information content (AvgIpc) is 2.80. The molecule has 1 amide bonds. The van der Waals surface area contributed by atoms with Crippen molar-refractivity contribution < 1.29 is 23.1 Å². The SMILES string of the molecule is COc1ccc(O)c(/C=N/NC(=O)C[C@@H]2CCS(=O)(=O)C2)c1. The first-order valence-corrected chi connectivity index (χ1v) is 8.61. The Balaban J connectivity index is 1.88. The summed E-state index contributed by atoms with van der Waals surface area (Å²) < 4.78 is 27.7. The number of amides is 1. The number of methoxy groups -OCH3 is 1. The van der Waals surface area contributed by atoms with Crippen LogP contribution in [0.3, 0.4) is 0 Å². The molecule has 7 nitrogen and oxygen atoms in total. The smallest absolute Gasteiger partial charge is 0.240 e. The van der Waals surface area contributed by atoms with Gasteiger partial charge >= 0.3 is 0 Å². The lowest BCUT2D eigenvalue weighted by molar-refractivity contribution is -0.121. The van der Waals surface area contributed by atoms with E-state index in [0.29, 0.717) is 17.7 Å². The van der Waals surface area contributed by atoms with E-state index in [-0.39, 0.29) is 35.5 Å². The molecule has 1 aliphatic rings. The van der Waals surface area contributed by atoms with Gasteiger partial charge in [-0.1, -0.05) is 0 Å². The zero-order valence-corrected chi connectivity index (χ0v) is 13.0. The molecular formula is C14H18N2O5S. The van der Waals surface area contributed by atoms with E-state index >= 15 is 0 Å². The van der Waals surface area contributed by atoms with Crippen LogP contribution in [0.4, 0.5) is 0 Å². The first kappa shape index (κ1) is 16.3. The van der Waals surface area contributed by atoms with Gasteiger partial charge in [0.1, 0.15) is 11.5 Å². The van der Waals surface area contributed by atoms with Crippen molar-refractivity contribution in [1.29, 1.82) is 0 Å². The quantitative estimate of drug-likeness (QED) is 0.611. The number of hydrogen-bond acceptors (Lipinski definition) is 6. The number of hydrogen-bond donors (Lipinski definition) is 2. The van der Waals surface area contributed by atoms with E-state index in [4.69, 9.17) is 4.74 Å².